The average Bonchev–Trinajstić information content (AvgIpc) is 2.67. The highest BCUT2D eigenvalue weighted by Gasteiger charge is 2.11. The quantitative estimate of drug-likeness (QED) is 0.827. The van der Waals surface area contributed by atoms with Crippen LogP contribution in [0.1, 0.15) is 21.7 Å². The van der Waals surface area contributed by atoms with E-state index in [1.807, 2.05) is 0 Å². The Bertz CT molecular complexity index is 657. The van der Waals surface area contributed by atoms with Crippen molar-refractivity contribution < 1.29 is 9.90 Å². The zero-order chi connectivity index (χ0) is 13.3. The third kappa shape index (κ3) is 2.29. The number of rotatable bonds is 3. The van der Waals surface area contributed by atoms with E-state index < -0.39 is 11.4 Å². The molecular formula is C11H12N4O3. The fourth-order valence-electron chi connectivity index (χ4n) is 1.64. The van der Waals surface area contributed by atoms with Crippen LogP contribution in [0, 0.1) is 6.92 Å². The molecule has 0 atom stereocenters. The van der Waals surface area contributed by atoms with Crippen molar-refractivity contribution in [1.29, 1.82) is 0 Å². The van der Waals surface area contributed by atoms with Crippen LogP contribution >= 0.6 is 0 Å². The lowest BCUT2D eigenvalue weighted by atomic mass is 10.2. The van der Waals surface area contributed by atoms with Gasteiger partial charge in [-0.15, -0.1) is 5.10 Å². The van der Waals surface area contributed by atoms with Crippen molar-refractivity contribution >= 4 is 5.97 Å². The Morgan fingerprint density at radius 2 is 2.17 bits per heavy atom. The molecule has 0 spiro atoms. The smallest absolute Gasteiger partial charge is 0.341 e. The maximum absolute atomic E-state index is 11.5. The Hall–Kier alpha value is -2.44. The van der Waals surface area contributed by atoms with E-state index in [4.69, 9.17) is 5.11 Å². The molecule has 0 aliphatic rings. The molecule has 7 heteroatoms. The van der Waals surface area contributed by atoms with Gasteiger partial charge >= 0.3 is 5.97 Å². The van der Waals surface area contributed by atoms with E-state index in [0.29, 0.717) is 17.9 Å². The minimum atomic E-state index is -1.23. The maximum atomic E-state index is 11.5. The highest BCUT2D eigenvalue weighted by atomic mass is 16.4. The molecule has 94 valence electrons. The first kappa shape index (κ1) is 12.0. The average molecular weight is 248 g/mol. The van der Waals surface area contributed by atoms with E-state index in [1.165, 1.54) is 12.3 Å². The Morgan fingerprint density at radius 3 is 2.72 bits per heavy atom. The molecule has 0 fully saturated rings. The Balaban J connectivity index is 2.41. The van der Waals surface area contributed by atoms with Gasteiger partial charge in [0.2, 0.25) is 0 Å². The number of hydrogen-bond acceptors (Lipinski definition) is 4. The van der Waals surface area contributed by atoms with Gasteiger partial charge in [0.25, 0.3) is 0 Å². The van der Waals surface area contributed by atoms with Crippen molar-refractivity contribution in [3.63, 3.8) is 0 Å². The van der Waals surface area contributed by atoms with Gasteiger partial charge in [-0.25, -0.2) is 4.79 Å². The highest BCUT2D eigenvalue weighted by Crippen LogP contribution is 2.03. The molecule has 2 heterocycles. The lowest BCUT2D eigenvalue weighted by Gasteiger charge is -2.09. The third-order valence-corrected chi connectivity index (χ3v) is 2.56. The number of carboxylic acid groups (broad SMARTS) is 1. The second-order valence-corrected chi connectivity index (χ2v) is 4.01. The summed E-state index contributed by atoms with van der Waals surface area (Å²) in [7, 11) is 1.75. The summed E-state index contributed by atoms with van der Waals surface area (Å²) in [5, 5.41) is 16.6. The molecule has 0 amide bonds. The van der Waals surface area contributed by atoms with Crippen LogP contribution in [0.4, 0.5) is 0 Å². The summed E-state index contributed by atoms with van der Waals surface area (Å²) in [6, 6.07) is 1.31. The molecule has 0 bridgehead atoms. The SMILES string of the molecule is Cc1cc(=O)c(C(=O)O)cn1Cc1cn(C)nn1. The summed E-state index contributed by atoms with van der Waals surface area (Å²) in [6.45, 7) is 2.11. The van der Waals surface area contributed by atoms with Crippen molar-refractivity contribution in [2.24, 2.45) is 7.05 Å². The van der Waals surface area contributed by atoms with Crippen molar-refractivity contribution in [3.8, 4) is 0 Å². The number of pyridine rings is 1. The minimum absolute atomic E-state index is 0.246. The number of aromatic carboxylic acids is 1. The number of carbonyl (C=O) groups is 1. The Labute approximate surface area is 102 Å². The van der Waals surface area contributed by atoms with E-state index in [2.05, 4.69) is 10.3 Å². The van der Waals surface area contributed by atoms with E-state index >= 15 is 0 Å². The lowest BCUT2D eigenvalue weighted by molar-refractivity contribution is 0.0694. The summed E-state index contributed by atoms with van der Waals surface area (Å²) in [5.74, 6) is -1.23. The second-order valence-electron chi connectivity index (χ2n) is 4.01. The first-order valence-corrected chi connectivity index (χ1v) is 5.27. The van der Waals surface area contributed by atoms with Gasteiger partial charge in [0, 0.05) is 31.2 Å². The molecule has 0 aromatic carbocycles. The van der Waals surface area contributed by atoms with Gasteiger partial charge in [0.05, 0.1) is 6.54 Å². The molecule has 0 unspecified atom stereocenters. The van der Waals surface area contributed by atoms with Gasteiger partial charge < -0.3 is 9.67 Å². The van der Waals surface area contributed by atoms with Crippen LogP contribution in [0.25, 0.3) is 0 Å². The standard InChI is InChI=1S/C11H12N4O3/c1-7-3-10(16)9(11(17)18)6-15(7)5-8-4-14(2)13-12-8/h3-4,6H,5H2,1-2H3,(H,17,18). The lowest BCUT2D eigenvalue weighted by Crippen LogP contribution is -2.19. The van der Waals surface area contributed by atoms with E-state index in [-0.39, 0.29) is 5.56 Å². The van der Waals surface area contributed by atoms with Crippen LogP contribution in [0.3, 0.4) is 0 Å². The molecule has 7 nitrogen and oxygen atoms in total. The zero-order valence-corrected chi connectivity index (χ0v) is 9.99. The minimum Gasteiger partial charge on any atom is -0.477 e. The number of aromatic nitrogens is 4. The number of hydrogen-bond donors (Lipinski definition) is 1. The van der Waals surface area contributed by atoms with E-state index in [0.717, 1.165) is 0 Å². The van der Waals surface area contributed by atoms with Gasteiger partial charge in [0.1, 0.15) is 11.3 Å². The molecule has 0 saturated heterocycles. The maximum Gasteiger partial charge on any atom is 0.341 e. The van der Waals surface area contributed by atoms with Crippen LogP contribution in [-0.2, 0) is 13.6 Å². The molecule has 0 aliphatic carbocycles. The van der Waals surface area contributed by atoms with Gasteiger partial charge in [-0.2, -0.15) is 0 Å². The van der Waals surface area contributed by atoms with Crippen LogP contribution in [-0.4, -0.2) is 30.6 Å². The highest BCUT2D eigenvalue weighted by molar-refractivity contribution is 5.87. The largest absolute Gasteiger partial charge is 0.477 e. The fraction of sp³-hybridized carbons (Fsp3) is 0.273. The second kappa shape index (κ2) is 4.44. The van der Waals surface area contributed by atoms with E-state index in [9.17, 15) is 9.59 Å². The van der Waals surface area contributed by atoms with Crippen LogP contribution < -0.4 is 5.43 Å². The molecule has 2 aromatic heterocycles. The monoisotopic (exact) mass is 248 g/mol. The zero-order valence-electron chi connectivity index (χ0n) is 9.99. The molecule has 2 aromatic rings. The Kier molecular flexibility index (Phi) is 2.97. The molecular weight excluding hydrogens is 236 g/mol. The first-order valence-electron chi connectivity index (χ1n) is 5.27. The van der Waals surface area contributed by atoms with Crippen molar-refractivity contribution in [2.45, 2.75) is 13.5 Å². The molecule has 1 N–H and O–H groups in total. The molecule has 18 heavy (non-hydrogen) atoms. The summed E-state index contributed by atoms with van der Waals surface area (Å²) < 4.78 is 3.22. The summed E-state index contributed by atoms with van der Waals surface area (Å²) >= 11 is 0. The van der Waals surface area contributed by atoms with Gasteiger partial charge in [-0.05, 0) is 6.92 Å². The summed E-state index contributed by atoms with van der Waals surface area (Å²) in [4.78, 5) is 22.4. The normalized spacial score (nSPS) is 10.6. The fourth-order valence-corrected chi connectivity index (χ4v) is 1.64. The van der Waals surface area contributed by atoms with Crippen LogP contribution in [0.15, 0.2) is 23.3 Å². The Morgan fingerprint density at radius 1 is 1.44 bits per heavy atom. The van der Waals surface area contributed by atoms with Crippen LogP contribution in [0.2, 0.25) is 0 Å². The van der Waals surface area contributed by atoms with Crippen molar-refractivity contribution in [1.82, 2.24) is 19.6 Å². The molecule has 0 saturated carbocycles. The number of aryl methyl sites for hydroxylation is 2. The predicted octanol–water partition coefficient (Wildman–Crippen LogP) is 0.0317. The summed E-state index contributed by atoms with van der Waals surface area (Å²) in [5.41, 5.74) is 0.635. The number of nitrogens with zero attached hydrogens (tertiary/aromatic N) is 4. The van der Waals surface area contributed by atoms with Gasteiger partial charge in [0.15, 0.2) is 5.43 Å². The molecule has 0 radical (unpaired) electrons. The van der Waals surface area contributed by atoms with Crippen LogP contribution in [0.5, 0.6) is 0 Å². The van der Waals surface area contributed by atoms with Gasteiger partial charge in [-0.1, -0.05) is 5.21 Å². The summed E-state index contributed by atoms with van der Waals surface area (Å²) in [6.07, 6.45) is 3.06. The molecule has 0 aliphatic heterocycles. The number of carboxylic acids is 1. The van der Waals surface area contributed by atoms with Gasteiger partial charge in [-0.3, -0.25) is 9.48 Å². The van der Waals surface area contributed by atoms with E-state index in [1.54, 1.807) is 29.4 Å². The topological polar surface area (TPSA) is 90.0 Å². The first-order chi connectivity index (χ1) is 8.47. The molecule has 2 rings (SSSR count). The van der Waals surface area contributed by atoms with Crippen molar-refractivity contribution in [2.75, 3.05) is 0 Å². The van der Waals surface area contributed by atoms with Crippen molar-refractivity contribution in [3.05, 3.63) is 45.6 Å². The third-order valence-electron chi connectivity index (χ3n) is 2.56. The predicted molar refractivity (Wildman–Crippen MR) is 62.5 cm³/mol.